The van der Waals surface area contributed by atoms with E-state index in [0.717, 1.165) is 151 Å². The number of ketones is 2. The molecule has 2 aromatic heterocycles. The molecular weight excluding hydrogens is 1640 g/mol. The van der Waals surface area contributed by atoms with Crippen molar-refractivity contribution in [2.24, 2.45) is 0 Å². The molecule has 4 aromatic carbocycles. The number of aromatic amines is 1. The van der Waals surface area contributed by atoms with Gasteiger partial charge in [0.2, 0.25) is 6.33 Å². The van der Waals surface area contributed by atoms with Gasteiger partial charge in [-0.05, 0) is 91.8 Å². The van der Waals surface area contributed by atoms with E-state index in [1.165, 1.54) is 0 Å². The van der Waals surface area contributed by atoms with Gasteiger partial charge < -0.3 is 57.5 Å². The van der Waals surface area contributed by atoms with Crippen molar-refractivity contribution in [3.8, 4) is 0 Å². The summed E-state index contributed by atoms with van der Waals surface area (Å²) in [5.41, 5.74) is 3.43. The van der Waals surface area contributed by atoms with Crippen LogP contribution in [0.4, 0.5) is 0 Å². The van der Waals surface area contributed by atoms with Crippen LogP contribution in [0.25, 0.3) is 0 Å². The second-order valence-corrected chi connectivity index (χ2v) is 30.5. The van der Waals surface area contributed by atoms with Gasteiger partial charge in [-0.1, -0.05) is 248 Å². The van der Waals surface area contributed by atoms with Crippen molar-refractivity contribution in [2.75, 3.05) is 39.6 Å². The zero-order valence-corrected chi connectivity index (χ0v) is 71.9. The normalized spacial score (nSPS) is 12.0. The van der Waals surface area contributed by atoms with Gasteiger partial charge in [-0.2, -0.15) is 0 Å². The molecular formula is C84H112Cl8N4O18. The third-order valence-electron chi connectivity index (χ3n) is 17.2. The Labute approximate surface area is 711 Å². The minimum atomic E-state index is -1.35. The van der Waals surface area contributed by atoms with Gasteiger partial charge in [0.25, 0.3) is 0 Å². The lowest BCUT2D eigenvalue weighted by molar-refractivity contribution is -0.704. The summed E-state index contributed by atoms with van der Waals surface area (Å²) in [4.78, 5) is 99.6. The molecule has 22 nitrogen and oxygen atoms in total. The van der Waals surface area contributed by atoms with Crippen LogP contribution in [0.15, 0.2) is 110 Å². The number of H-pyrrole nitrogens is 1. The van der Waals surface area contributed by atoms with Crippen molar-refractivity contribution < 1.29 is 91.0 Å². The molecule has 0 fully saturated rings. The van der Waals surface area contributed by atoms with E-state index in [-0.39, 0.29) is 101 Å². The van der Waals surface area contributed by atoms with Crippen LogP contribution in [0.5, 0.6) is 0 Å². The number of nitrogens with one attached hydrogen (secondary N) is 1. The Hall–Kier alpha value is -6.38. The number of ether oxygens (including phenoxy) is 8. The van der Waals surface area contributed by atoms with E-state index in [2.05, 4.69) is 37.7 Å². The Morgan fingerprint density at radius 1 is 0.474 bits per heavy atom. The van der Waals surface area contributed by atoms with Crippen LogP contribution in [0.2, 0.25) is 40.2 Å². The molecule has 0 spiro atoms. The maximum absolute atomic E-state index is 11.9. The van der Waals surface area contributed by atoms with Gasteiger partial charge in [0.1, 0.15) is 57.6 Å². The van der Waals surface area contributed by atoms with Gasteiger partial charge >= 0.3 is 29.8 Å². The predicted molar refractivity (Wildman–Crippen MR) is 442 cm³/mol. The summed E-state index contributed by atoms with van der Waals surface area (Å²) in [5, 5.41) is 23.8. The number of carbonyl (C=O) groups is 8. The minimum absolute atomic E-state index is 0.0264. The molecule has 0 saturated carbocycles. The maximum atomic E-state index is 11.9. The molecule has 0 aliphatic heterocycles. The highest BCUT2D eigenvalue weighted by atomic mass is 35.5. The van der Waals surface area contributed by atoms with E-state index in [1.807, 2.05) is 58.3 Å². The minimum Gasteiger partial charge on any atom is -0.550 e. The molecule has 0 bridgehead atoms. The third-order valence-corrected chi connectivity index (χ3v) is 19.5. The lowest BCUT2D eigenvalue weighted by atomic mass is 10.1. The van der Waals surface area contributed by atoms with Crippen LogP contribution >= 0.6 is 92.8 Å². The number of carbonyl (C=O) groups excluding carboxylic acids is 7. The molecule has 2 heterocycles. The number of benzene rings is 4. The smallest absolute Gasteiger partial charge is 0.306 e. The number of aromatic nitrogens is 4. The van der Waals surface area contributed by atoms with Crippen LogP contribution in [0, 0.1) is 0 Å². The van der Waals surface area contributed by atoms with Gasteiger partial charge in [0, 0.05) is 95.4 Å². The van der Waals surface area contributed by atoms with E-state index in [9.17, 15) is 43.5 Å². The molecule has 30 heteroatoms. The van der Waals surface area contributed by atoms with Crippen LogP contribution in [-0.2, 0) is 103 Å². The van der Waals surface area contributed by atoms with Gasteiger partial charge in [-0.15, -0.1) is 0 Å². The summed E-state index contributed by atoms with van der Waals surface area (Å²) in [7, 11) is 0. The first kappa shape index (κ1) is 102. The number of carboxylic acids is 2. The predicted octanol–water partition coefficient (Wildman–Crippen LogP) is 20.2. The maximum Gasteiger partial charge on any atom is 0.306 e. The van der Waals surface area contributed by atoms with E-state index in [1.54, 1.807) is 61.1 Å². The molecule has 2 N–H and O–H groups in total. The number of hydrogen-bond acceptors (Lipinski definition) is 18. The van der Waals surface area contributed by atoms with Crippen molar-refractivity contribution in [1.82, 2.24) is 14.5 Å². The molecule has 4 atom stereocenters. The Kier molecular flexibility index (Phi) is 56.1. The lowest BCUT2D eigenvalue weighted by Crippen LogP contribution is -2.35. The van der Waals surface area contributed by atoms with E-state index >= 15 is 0 Å². The standard InChI is InChI=1S/2C24H42O8.2C18H14Cl4N2O/c2*1-3-5-7-9-11-13-20(25)17-30-18-21(32-24(29)16-15-22(26)27)19-31-23(28)14-12-10-8-6-4-2;2*19-13-2-1-12(16(21)7-13)10-25-18(9-24-6-5-23-11-24)15-4-3-14(20)8-17(15)22/h2*21H,3-19H2,1-2H3,(H,26,27);2*1-8,11,18H,9-10H2. The molecule has 632 valence electrons. The highest BCUT2D eigenvalue weighted by Gasteiger charge is 2.24. The van der Waals surface area contributed by atoms with Gasteiger partial charge in [-0.3, -0.25) is 38.5 Å². The highest BCUT2D eigenvalue weighted by molar-refractivity contribution is 6.36. The number of unbranched alkanes of at least 4 members (excludes halogenated alkanes) is 16. The van der Waals surface area contributed by atoms with Crippen molar-refractivity contribution in [3.63, 3.8) is 0 Å². The number of esters is 4. The fourth-order valence-corrected chi connectivity index (χ4v) is 12.9. The van der Waals surface area contributed by atoms with Gasteiger partial charge in [0.05, 0.1) is 58.6 Å². The molecule has 0 aliphatic rings. The fourth-order valence-electron chi connectivity index (χ4n) is 10.9. The van der Waals surface area contributed by atoms with Crippen LogP contribution in [0.1, 0.15) is 242 Å². The summed E-state index contributed by atoms with van der Waals surface area (Å²) >= 11 is 49.1. The quantitative estimate of drug-likeness (QED) is 0.0155. The summed E-state index contributed by atoms with van der Waals surface area (Å²) in [5.74, 6) is -4.74. The molecule has 4 unspecified atom stereocenters. The fraction of sp³-hybridized carbons (Fsp3) is 0.548. The largest absolute Gasteiger partial charge is 0.550 e. The number of rotatable bonds is 56. The number of carboxylic acid groups (broad SMARTS) is 2. The molecule has 114 heavy (non-hydrogen) atoms. The monoisotopic (exact) mass is 1740 g/mol. The molecule has 6 aromatic rings. The van der Waals surface area contributed by atoms with Crippen molar-refractivity contribution in [1.29, 1.82) is 0 Å². The second-order valence-electron chi connectivity index (χ2n) is 27.1. The van der Waals surface area contributed by atoms with E-state index in [4.69, 9.17) is 136 Å². The summed E-state index contributed by atoms with van der Waals surface area (Å²) < 4.78 is 47.7. The average Bonchev–Trinajstić information content (AvgIpc) is 1.12. The SMILES string of the molecule is CCCCCCCC(=O)COCC(COC(=O)CCCCCCC)OC(=O)CCC(=O)O.CCCCCCCC(=O)COCC(COC(=O)CCCCCCC)OC(=O)CCC(=O)[O-].Clc1ccc(COC(C[n+]2cc[nH]c2)c2ccc(Cl)cc2Cl)c(Cl)c1.Clc1ccc(COC(Cn2ccnc2)c2ccc(Cl)cc2Cl)c(Cl)c1. The van der Waals surface area contributed by atoms with Crippen molar-refractivity contribution in [3.05, 3.63) is 173 Å². The molecule has 0 saturated heterocycles. The van der Waals surface area contributed by atoms with Crippen LogP contribution in [-0.4, -0.2) is 119 Å². The van der Waals surface area contributed by atoms with Gasteiger partial charge in [-0.25, -0.2) is 9.55 Å². The zero-order chi connectivity index (χ0) is 83.7. The Bertz CT molecular complexity index is 3490. The Morgan fingerprint density at radius 3 is 1.26 bits per heavy atom. The number of nitrogens with zero attached hydrogens (tertiary/aromatic N) is 3. The summed E-state index contributed by atoms with van der Waals surface area (Å²) in [6.45, 7) is 9.54. The number of imidazole rings is 2. The summed E-state index contributed by atoms with van der Waals surface area (Å²) in [6.07, 6.45) is 29.2. The van der Waals surface area contributed by atoms with E-state index in [0.29, 0.717) is 85.7 Å². The first-order valence-corrected chi connectivity index (χ1v) is 42.1. The first-order valence-electron chi connectivity index (χ1n) is 39.1. The van der Waals surface area contributed by atoms with Crippen LogP contribution < -0.4 is 9.67 Å². The number of halogens is 8. The van der Waals surface area contributed by atoms with Crippen LogP contribution in [0.3, 0.4) is 0 Å². The van der Waals surface area contributed by atoms with E-state index < -0.39 is 42.5 Å². The van der Waals surface area contributed by atoms with Gasteiger partial charge in [0.15, 0.2) is 23.8 Å². The number of hydrogen-bond donors (Lipinski definition) is 2. The average molecular weight is 1750 g/mol. The van der Waals surface area contributed by atoms with Crippen molar-refractivity contribution >= 4 is 140 Å². The molecule has 0 aliphatic carbocycles. The summed E-state index contributed by atoms with van der Waals surface area (Å²) in [6, 6.07) is 21.4. The Balaban J connectivity index is 0.000000395. The third kappa shape index (κ3) is 49.0. The zero-order valence-electron chi connectivity index (χ0n) is 65.8. The molecule has 6 rings (SSSR count). The van der Waals surface area contributed by atoms with Crippen molar-refractivity contribution in [2.45, 2.75) is 258 Å². The lowest BCUT2D eigenvalue weighted by Gasteiger charge is -2.21. The second kappa shape index (κ2) is 62.8. The Morgan fingerprint density at radius 2 is 0.877 bits per heavy atom. The topological polar surface area (TPSA) is 291 Å². The first-order chi connectivity index (χ1) is 54.8. The molecule has 0 radical (unpaired) electrons. The number of aliphatic carboxylic acids is 2. The number of Topliss-reactive ketones (excluding diaryl/α,β-unsaturated/α-hetero) is 2. The highest BCUT2D eigenvalue weighted by Crippen LogP contribution is 2.34. The molecule has 0 amide bonds.